The normalized spacial score (nSPS) is 10.1. The fraction of sp³-hybridized carbons (Fsp3) is 0.167. The third-order valence-electron chi connectivity index (χ3n) is 2.39. The highest BCUT2D eigenvalue weighted by Gasteiger charge is 2.12. The average molecular weight is 278 g/mol. The lowest BCUT2D eigenvalue weighted by Crippen LogP contribution is -2.10. The summed E-state index contributed by atoms with van der Waals surface area (Å²) in [5.74, 6) is 7.16. The van der Waals surface area contributed by atoms with Crippen LogP contribution in [0.5, 0.6) is 11.5 Å². The van der Waals surface area contributed by atoms with Crippen LogP contribution in [0.3, 0.4) is 0 Å². The molecule has 2 rings (SSSR count). The average Bonchev–Trinajstić information content (AvgIpc) is 2.47. The predicted molar refractivity (Wildman–Crippen MR) is 73.5 cm³/mol. The van der Waals surface area contributed by atoms with Crippen LogP contribution in [-0.2, 0) is 0 Å². The molecule has 0 unspecified atom stereocenters. The Morgan fingerprint density at radius 2 is 1.84 bits per heavy atom. The van der Waals surface area contributed by atoms with Crippen molar-refractivity contribution in [3.8, 4) is 11.5 Å². The maximum Gasteiger partial charge on any atom is 0.195 e. The summed E-state index contributed by atoms with van der Waals surface area (Å²) < 4.78 is 10.4. The summed E-state index contributed by atoms with van der Waals surface area (Å²) >= 11 is 1.46. The zero-order chi connectivity index (χ0) is 13.7. The van der Waals surface area contributed by atoms with E-state index in [1.165, 1.54) is 18.1 Å². The van der Waals surface area contributed by atoms with Crippen molar-refractivity contribution in [1.29, 1.82) is 0 Å². The molecule has 3 N–H and O–H groups in total. The topological polar surface area (TPSA) is 82.3 Å². The number of methoxy groups -OCH3 is 2. The maximum absolute atomic E-state index is 5.38. The molecule has 1 aromatic heterocycles. The van der Waals surface area contributed by atoms with Gasteiger partial charge in [-0.1, -0.05) is 11.8 Å². The van der Waals surface area contributed by atoms with Gasteiger partial charge >= 0.3 is 0 Å². The van der Waals surface area contributed by atoms with E-state index in [9.17, 15) is 0 Å². The maximum atomic E-state index is 5.38. The largest absolute Gasteiger partial charge is 0.497 e. The second kappa shape index (κ2) is 6.26. The van der Waals surface area contributed by atoms with Crippen molar-refractivity contribution in [3.63, 3.8) is 0 Å². The van der Waals surface area contributed by atoms with E-state index in [0.29, 0.717) is 16.6 Å². The number of nitrogens with two attached hydrogens (primary N) is 1. The number of nitrogens with one attached hydrogen (secondary N) is 1. The fourth-order valence-corrected chi connectivity index (χ4v) is 2.34. The molecule has 100 valence electrons. The van der Waals surface area contributed by atoms with E-state index in [2.05, 4.69) is 15.4 Å². The van der Waals surface area contributed by atoms with Gasteiger partial charge in [0.2, 0.25) is 0 Å². The molecule has 0 amide bonds. The number of nitrogens with zero attached hydrogens (tertiary/aromatic N) is 2. The molecule has 2 aromatic rings. The molecule has 1 heterocycles. The molecular weight excluding hydrogens is 264 g/mol. The molecule has 0 saturated heterocycles. The number of hydrogen-bond acceptors (Lipinski definition) is 7. The Morgan fingerprint density at radius 1 is 1.11 bits per heavy atom. The van der Waals surface area contributed by atoms with E-state index in [1.54, 1.807) is 14.2 Å². The fourth-order valence-electron chi connectivity index (χ4n) is 1.47. The quantitative estimate of drug-likeness (QED) is 0.491. The molecule has 0 aliphatic rings. The molecule has 0 atom stereocenters. The van der Waals surface area contributed by atoms with E-state index in [4.69, 9.17) is 15.3 Å². The first kappa shape index (κ1) is 13.4. The third-order valence-corrected chi connectivity index (χ3v) is 3.38. The molecule has 0 radical (unpaired) electrons. The zero-order valence-electron chi connectivity index (χ0n) is 10.6. The van der Waals surface area contributed by atoms with Crippen LogP contribution in [0.4, 0.5) is 5.82 Å². The lowest BCUT2D eigenvalue weighted by Gasteiger charge is -2.10. The van der Waals surface area contributed by atoms with Gasteiger partial charge in [-0.05, 0) is 24.3 Å². The van der Waals surface area contributed by atoms with E-state index in [1.807, 2.05) is 24.3 Å². The van der Waals surface area contributed by atoms with Gasteiger partial charge in [0.15, 0.2) is 11.6 Å². The molecule has 0 aliphatic heterocycles. The number of benzene rings is 1. The van der Waals surface area contributed by atoms with Gasteiger partial charge in [0.1, 0.15) is 17.1 Å². The standard InChI is InChI=1S/C12H14N4O2S/c1-17-8-3-5-9(6-4-8)19-12-10(18-2)11(16-13)14-7-15-12/h3-7H,13H2,1-2H3,(H,14,15,16). The highest BCUT2D eigenvalue weighted by atomic mass is 32.2. The molecule has 0 aliphatic carbocycles. The van der Waals surface area contributed by atoms with Gasteiger partial charge in [-0.2, -0.15) is 0 Å². The van der Waals surface area contributed by atoms with Crippen molar-refractivity contribution in [2.75, 3.05) is 19.6 Å². The van der Waals surface area contributed by atoms with E-state index in [-0.39, 0.29) is 0 Å². The number of ether oxygens (including phenoxy) is 2. The Balaban J connectivity index is 2.26. The summed E-state index contributed by atoms with van der Waals surface area (Å²) in [5, 5.41) is 0.690. The third kappa shape index (κ3) is 3.07. The molecule has 0 fully saturated rings. The smallest absolute Gasteiger partial charge is 0.195 e. The van der Waals surface area contributed by atoms with Gasteiger partial charge in [0.05, 0.1) is 14.2 Å². The van der Waals surface area contributed by atoms with Gasteiger partial charge in [-0.25, -0.2) is 15.8 Å². The van der Waals surface area contributed by atoms with Crippen molar-refractivity contribution in [2.24, 2.45) is 5.84 Å². The number of hydrogen-bond donors (Lipinski definition) is 2. The summed E-state index contributed by atoms with van der Waals surface area (Å²) in [7, 11) is 3.19. The van der Waals surface area contributed by atoms with E-state index < -0.39 is 0 Å². The Labute approximate surface area is 115 Å². The summed E-state index contributed by atoms with van der Waals surface area (Å²) in [6, 6.07) is 7.66. The molecule has 1 aromatic carbocycles. The van der Waals surface area contributed by atoms with Gasteiger partial charge in [0.25, 0.3) is 0 Å². The lowest BCUT2D eigenvalue weighted by molar-refractivity contribution is 0.400. The Bertz CT molecular complexity index is 548. The van der Waals surface area contributed by atoms with E-state index >= 15 is 0 Å². The molecule has 0 saturated carbocycles. The van der Waals surface area contributed by atoms with Crippen molar-refractivity contribution >= 4 is 17.6 Å². The van der Waals surface area contributed by atoms with Crippen LogP contribution in [-0.4, -0.2) is 24.2 Å². The summed E-state index contributed by atoms with van der Waals surface area (Å²) in [5.41, 5.74) is 2.48. The van der Waals surface area contributed by atoms with Crippen LogP contribution in [0, 0.1) is 0 Å². The van der Waals surface area contributed by atoms with Gasteiger partial charge in [-0.15, -0.1) is 0 Å². The van der Waals surface area contributed by atoms with Crippen molar-refractivity contribution in [2.45, 2.75) is 9.92 Å². The van der Waals surface area contributed by atoms with Crippen molar-refractivity contribution in [1.82, 2.24) is 9.97 Å². The highest BCUT2D eigenvalue weighted by molar-refractivity contribution is 7.99. The Hall–Kier alpha value is -1.99. The van der Waals surface area contributed by atoms with Crippen LogP contribution in [0.1, 0.15) is 0 Å². The van der Waals surface area contributed by atoms with Crippen LogP contribution in [0.15, 0.2) is 40.5 Å². The number of aromatic nitrogens is 2. The second-order valence-corrected chi connectivity index (χ2v) is 4.54. The van der Waals surface area contributed by atoms with Crippen LogP contribution in [0.25, 0.3) is 0 Å². The van der Waals surface area contributed by atoms with Crippen molar-refractivity contribution in [3.05, 3.63) is 30.6 Å². The number of anilines is 1. The molecule has 0 spiro atoms. The first-order valence-electron chi connectivity index (χ1n) is 5.46. The first-order chi connectivity index (χ1) is 9.28. The van der Waals surface area contributed by atoms with Gasteiger partial charge < -0.3 is 14.9 Å². The van der Waals surface area contributed by atoms with Crippen LogP contribution in [0.2, 0.25) is 0 Å². The first-order valence-corrected chi connectivity index (χ1v) is 6.27. The number of nitrogen functional groups attached to an aromatic ring is 1. The van der Waals surface area contributed by atoms with Crippen LogP contribution >= 0.6 is 11.8 Å². The molecule has 6 nitrogen and oxygen atoms in total. The SMILES string of the molecule is COc1ccc(Sc2ncnc(NN)c2OC)cc1. The van der Waals surface area contributed by atoms with Crippen LogP contribution < -0.4 is 20.7 Å². The number of hydrazine groups is 1. The minimum absolute atomic E-state index is 0.452. The lowest BCUT2D eigenvalue weighted by atomic mass is 10.3. The van der Waals surface area contributed by atoms with Crippen molar-refractivity contribution < 1.29 is 9.47 Å². The summed E-state index contributed by atoms with van der Waals surface area (Å²) in [6.45, 7) is 0. The Kier molecular flexibility index (Phi) is 4.43. The Morgan fingerprint density at radius 3 is 2.42 bits per heavy atom. The zero-order valence-corrected chi connectivity index (χ0v) is 11.4. The summed E-state index contributed by atoms with van der Waals surface area (Å²) in [4.78, 5) is 9.20. The van der Waals surface area contributed by atoms with E-state index in [0.717, 1.165) is 10.6 Å². The second-order valence-electron chi connectivity index (χ2n) is 3.48. The van der Waals surface area contributed by atoms with Gasteiger partial charge in [0, 0.05) is 4.90 Å². The highest BCUT2D eigenvalue weighted by Crippen LogP contribution is 2.36. The minimum atomic E-state index is 0.452. The summed E-state index contributed by atoms with van der Waals surface area (Å²) in [6.07, 6.45) is 1.43. The number of rotatable bonds is 5. The molecule has 19 heavy (non-hydrogen) atoms. The molecule has 0 bridgehead atoms. The minimum Gasteiger partial charge on any atom is -0.497 e. The molecular formula is C12H14N4O2S. The predicted octanol–water partition coefficient (Wildman–Crippen LogP) is 1.93. The van der Waals surface area contributed by atoms with Gasteiger partial charge in [-0.3, -0.25) is 0 Å². The molecule has 7 heteroatoms. The monoisotopic (exact) mass is 278 g/mol.